The van der Waals surface area contributed by atoms with Crippen molar-refractivity contribution >= 4 is 23.5 Å². The highest BCUT2D eigenvalue weighted by Crippen LogP contribution is 2.21. The van der Waals surface area contributed by atoms with E-state index in [1.54, 1.807) is 6.33 Å². The molecule has 2 aliphatic heterocycles. The maximum absolute atomic E-state index is 5.87. The van der Waals surface area contributed by atoms with Crippen molar-refractivity contribution in [2.45, 2.75) is 12.5 Å². The van der Waals surface area contributed by atoms with E-state index in [1.807, 2.05) is 42.7 Å². The molecule has 0 spiro atoms. The molecule has 2 aromatic carbocycles. The third-order valence-corrected chi connectivity index (χ3v) is 6.50. The summed E-state index contributed by atoms with van der Waals surface area (Å²) in [5, 5.41) is 6.47. The van der Waals surface area contributed by atoms with Gasteiger partial charge in [-0.15, -0.1) is 0 Å². The minimum Gasteiger partial charge on any atom is -0.488 e. The van der Waals surface area contributed by atoms with Crippen molar-refractivity contribution in [1.29, 1.82) is 0 Å². The molecule has 2 aliphatic rings. The quantitative estimate of drug-likeness (QED) is 0.379. The number of nitrogens with one attached hydrogen (secondary N) is 2. The maximum Gasteiger partial charge on any atom is 0.231 e. The largest absolute Gasteiger partial charge is 0.488 e. The van der Waals surface area contributed by atoms with E-state index in [1.165, 1.54) is 5.56 Å². The molecule has 2 N–H and O–H groups in total. The number of rotatable bonds is 8. The summed E-state index contributed by atoms with van der Waals surface area (Å²) < 4.78 is 5.87. The summed E-state index contributed by atoms with van der Waals surface area (Å²) >= 11 is 0. The number of aromatic nitrogens is 5. The number of hydrogen-bond donors (Lipinski definition) is 2. The molecule has 0 amide bonds. The molecule has 0 saturated carbocycles. The summed E-state index contributed by atoms with van der Waals surface area (Å²) in [5.74, 6) is 2.80. The van der Waals surface area contributed by atoms with Crippen molar-refractivity contribution in [2.24, 2.45) is 0 Å². The number of anilines is 4. The average Bonchev–Trinajstić information content (AvgIpc) is 2.93. The van der Waals surface area contributed by atoms with E-state index in [9.17, 15) is 0 Å². The Kier molecular flexibility index (Phi) is 6.72. The van der Waals surface area contributed by atoms with Gasteiger partial charge in [0.1, 0.15) is 18.2 Å². The van der Waals surface area contributed by atoms with Crippen LogP contribution in [0.15, 0.2) is 73.3 Å². The normalized spacial score (nSPS) is 15.8. The fraction of sp³-hybridized carbons (Fsp3) is 0.296. The molecule has 0 radical (unpaired) electrons. The van der Waals surface area contributed by atoms with Crippen LogP contribution in [0.2, 0.25) is 0 Å². The fourth-order valence-electron chi connectivity index (χ4n) is 4.32. The number of piperazine rings is 1. The van der Waals surface area contributed by atoms with Gasteiger partial charge in [-0.3, -0.25) is 0 Å². The highest BCUT2D eigenvalue weighted by atomic mass is 16.5. The molecule has 188 valence electrons. The summed E-state index contributed by atoms with van der Waals surface area (Å²) in [5.41, 5.74) is 3.26. The zero-order valence-electron chi connectivity index (χ0n) is 20.5. The van der Waals surface area contributed by atoms with Crippen LogP contribution in [-0.4, -0.2) is 70.3 Å². The molecule has 2 fully saturated rings. The van der Waals surface area contributed by atoms with E-state index in [-0.39, 0.29) is 6.10 Å². The van der Waals surface area contributed by atoms with Crippen LogP contribution in [0.25, 0.3) is 0 Å². The highest BCUT2D eigenvalue weighted by molar-refractivity contribution is 5.55. The molecular weight excluding hydrogens is 466 g/mol. The second kappa shape index (κ2) is 10.8. The zero-order valence-corrected chi connectivity index (χ0v) is 20.5. The van der Waals surface area contributed by atoms with Gasteiger partial charge in [0, 0.05) is 63.8 Å². The lowest BCUT2D eigenvalue weighted by molar-refractivity contribution is 0.142. The van der Waals surface area contributed by atoms with Crippen molar-refractivity contribution in [2.75, 3.05) is 54.4 Å². The minimum absolute atomic E-state index is 0.260. The second-order valence-electron chi connectivity index (χ2n) is 9.18. The topological polar surface area (TPSA) is 104 Å². The summed E-state index contributed by atoms with van der Waals surface area (Å²) in [6, 6.07) is 18.2. The SMILES string of the molecule is c1ccc(Cc2cnc(N3CCN(c4ncnc(Nc5ccc(OC6CNC6)cc5)n4)CC3)nc2)cc1. The van der Waals surface area contributed by atoms with Crippen molar-refractivity contribution in [3.05, 3.63) is 84.4 Å². The Balaban J connectivity index is 1.03. The lowest BCUT2D eigenvalue weighted by atomic mass is 10.1. The van der Waals surface area contributed by atoms with Gasteiger partial charge in [-0.25, -0.2) is 19.9 Å². The van der Waals surface area contributed by atoms with Crippen LogP contribution in [0.5, 0.6) is 5.75 Å². The number of hydrogen-bond acceptors (Lipinski definition) is 10. The van der Waals surface area contributed by atoms with Crippen LogP contribution in [0.3, 0.4) is 0 Å². The van der Waals surface area contributed by atoms with Crippen molar-refractivity contribution in [1.82, 2.24) is 30.2 Å². The summed E-state index contributed by atoms with van der Waals surface area (Å²) in [6.45, 7) is 4.95. The first kappa shape index (κ1) is 23.1. The van der Waals surface area contributed by atoms with Crippen LogP contribution in [0.4, 0.5) is 23.5 Å². The Morgan fingerprint density at radius 3 is 2.16 bits per heavy atom. The van der Waals surface area contributed by atoms with E-state index in [2.05, 4.69) is 69.6 Å². The summed E-state index contributed by atoms with van der Waals surface area (Å²) in [6.07, 6.45) is 6.49. The Morgan fingerprint density at radius 2 is 1.49 bits per heavy atom. The average molecular weight is 496 g/mol. The predicted octanol–water partition coefficient (Wildman–Crippen LogP) is 2.67. The molecule has 0 unspecified atom stereocenters. The number of benzene rings is 2. The predicted molar refractivity (Wildman–Crippen MR) is 143 cm³/mol. The molecule has 4 aromatic rings. The molecule has 2 aromatic heterocycles. The van der Waals surface area contributed by atoms with Gasteiger partial charge in [0.2, 0.25) is 17.8 Å². The van der Waals surface area contributed by atoms with Crippen LogP contribution < -0.4 is 25.2 Å². The molecule has 2 saturated heterocycles. The number of ether oxygens (including phenoxy) is 1. The van der Waals surface area contributed by atoms with Crippen molar-refractivity contribution in [3.63, 3.8) is 0 Å². The van der Waals surface area contributed by atoms with E-state index in [4.69, 9.17) is 4.74 Å². The lowest BCUT2D eigenvalue weighted by Crippen LogP contribution is -2.50. The molecular formula is C27H29N9O. The Bertz CT molecular complexity index is 1290. The van der Waals surface area contributed by atoms with E-state index in [0.717, 1.165) is 68.6 Å². The third kappa shape index (κ3) is 5.75. The molecule has 6 rings (SSSR count). The van der Waals surface area contributed by atoms with Crippen LogP contribution >= 0.6 is 0 Å². The van der Waals surface area contributed by atoms with Gasteiger partial charge >= 0.3 is 0 Å². The first-order valence-corrected chi connectivity index (χ1v) is 12.6. The van der Waals surface area contributed by atoms with Gasteiger partial charge in [-0.2, -0.15) is 4.98 Å². The molecule has 10 heteroatoms. The van der Waals surface area contributed by atoms with Crippen molar-refractivity contribution < 1.29 is 4.74 Å². The monoisotopic (exact) mass is 495 g/mol. The van der Waals surface area contributed by atoms with E-state index < -0.39 is 0 Å². The number of nitrogens with zero attached hydrogens (tertiary/aromatic N) is 7. The van der Waals surface area contributed by atoms with Crippen LogP contribution in [-0.2, 0) is 6.42 Å². The zero-order chi connectivity index (χ0) is 24.9. The molecule has 0 aliphatic carbocycles. The van der Waals surface area contributed by atoms with Gasteiger partial charge in [0.25, 0.3) is 0 Å². The lowest BCUT2D eigenvalue weighted by Gasteiger charge is -2.34. The molecule has 0 atom stereocenters. The molecule has 4 heterocycles. The summed E-state index contributed by atoms with van der Waals surface area (Å²) in [7, 11) is 0. The van der Waals surface area contributed by atoms with E-state index >= 15 is 0 Å². The summed E-state index contributed by atoms with van der Waals surface area (Å²) in [4.78, 5) is 26.9. The first-order chi connectivity index (χ1) is 18.3. The standard InChI is InChI=1S/C27H29N9O/c1-2-4-20(5-3-1)14-21-15-29-26(30-16-21)35-10-12-36(13-11-35)27-32-19-31-25(34-27)33-22-6-8-23(9-7-22)37-24-17-28-18-24/h1-9,15-16,19,24,28H,10-14,17-18H2,(H,31,32,33,34). The van der Waals surface area contributed by atoms with E-state index in [0.29, 0.717) is 11.9 Å². The molecule has 0 bridgehead atoms. The third-order valence-electron chi connectivity index (χ3n) is 6.50. The van der Waals surface area contributed by atoms with Gasteiger partial charge in [-0.1, -0.05) is 30.3 Å². The highest BCUT2D eigenvalue weighted by Gasteiger charge is 2.21. The van der Waals surface area contributed by atoms with Crippen molar-refractivity contribution in [3.8, 4) is 5.75 Å². The van der Waals surface area contributed by atoms with Gasteiger partial charge in [0.05, 0.1) is 0 Å². The Morgan fingerprint density at radius 1 is 0.784 bits per heavy atom. The smallest absolute Gasteiger partial charge is 0.231 e. The van der Waals surface area contributed by atoms with Crippen LogP contribution in [0, 0.1) is 0 Å². The molecule has 37 heavy (non-hydrogen) atoms. The fourth-order valence-corrected chi connectivity index (χ4v) is 4.32. The Hall–Kier alpha value is -4.31. The Labute approximate surface area is 215 Å². The van der Waals surface area contributed by atoms with Crippen LogP contribution in [0.1, 0.15) is 11.1 Å². The van der Waals surface area contributed by atoms with Gasteiger partial charge in [0.15, 0.2) is 0 Å². The maximum atomic E-state index is 5.87. The van der Waals surface area contributed by atoms with Gasteiger partial charge < -0.3 is 25.2 Å². The second-order valence-corrected chi connectivity index (χ2v) is 9.18. The minimum atomic E-state index is 0.260. The van der Waals surface area contributed by atoms with Gasteiger partial charge in [-0.05, 0) is 35.4 Å². The first-order valence-electron chi connectivity index (χ1n) is 12.6. The molecule has 10 nitrogen and oxygen atoms in total.